The molecule has 3 aromatic rings. The van der Waals surface area contributed by atoms with Crippen molar-refractivity contribution < 1.29 is 59.9 Å². The van der Waals surface area contributed by atoms with Crippen LogP contribution in [0.2, 0.25) is 0 Å². The Balaban J connectivity index is 1.81. The molecule has 0 radical (unpaired) electrons. The fourth-order valence-electron chi connectivity index (χ4n) is 2.92. The summed E-state index contributed by atoms with van der Waals surface area (Å²) < 4.78 is 70.7. The van der Waals surface area contributed by atoms with Crippen LogP contribution in [-0.4, -0.2) is 49.4 Å². The van der Waals surface area contributed by atoms with Gasteiger partial charge in [0.15, 0.2) is 22.2 Å². The van der Waals surface area contributed by atoms with Gasteiger partial charge < -0.3 is 10.8 Å². The summed E-state index contributed by atoms with van der Waals surface area (Å²) in [5, 5.41) is 48.9. The van der Waals surface area contributed by atoms with Crippen molar-refractivity contribution in [3.05, 3.63) is 54.6 Å². The molecule has 0 aliphatic carbocycles. The Labute approximate surface area is 245 Å². The first-order chi connectivity index (χ1) is 19.9. The zero-order chi connectivity index (χ0) is 30.8. The Morgan fingerprint density at radius 2 is 1.48 bits per heavy atom. The molecular formula is C20H19N5O13S4. The maximum atomic E-state index is 12.4. The fraction of sp³-hybridized carbons (Fsp3) is 0.100. The molecule has 0 aliphatic heterocycles. The van der Waals surface area contributed by atoms with E-state index >= 15 is 0 Å². The van der Waals surface area contributed by atoms with E-state index in [1.165, 1.54) is 36.4 Å². The number of sulfone groups is 1. The minimum absolute atomic E-state index is 0.0129. The zero-order valence-corrected chi connectivity index (χ0v) is 23.8. The maximum Gasteiger partial charge on any atom is 0.296 e. The van der Waals surface area contributed by atoms with Crippen molar-refractivity contribution in [2.75, 3.05) is 18.1 Å². The van der Waals surface area contributed by atoms with E-state index in [0.29, 0.717) is 12.0 Å². The predicted octanol–water partition coefficient (Wildman–Crippen LogP) is 5.25. The van der Waals surface area contributed by atoms with Crippen molar-refractivity contribution in [3.63, 3.8) is 0 Å². The average molecular weight is 666 g/mol. The summed E-state index contributed by atoms with van der Waals surface area (Å²) in [5.41, 5.74) is 5.59. The minimum atomic E-state index is -4.72. The quantitative estimate of drug-likeness (QED) is 0.0263. The van der Waals surface area contributed by atoms with Gasteiger partial charge in [-0.1, -0.05) is 10.1 Å². The molecule has 6 N–H and O–H groups in total. The topological polar surface area (TPSA) is 271 Å². The van der Waals surface area contributed by atoms with E-state index in [-0.39, 0.29) is 57.2 Å². The van der Waals surface area contributed by atoms with Gasteiger partial charge >= 0.3 is 0 Å². The molecule has 226 valence electrons. The van der Waals surface area contributed by atoms with Crippen molar-refractivity contribution in [1.29, 1.82) is 0 Å². The Kier molecular flexibility index (Phi) is 12.1. The van der Waals surface area contributed by atoms with Crippen LogP contribution in [0, 0.1) is 0 Å². The lowest BCUT2D eigenvalue weighted by molar-refractivity contribution is -0.434. The summed E-state index contributed by atoms with van der Waals surface area (Å²) in [6.45, 7) is -0.258. The summed E-state index contributed by atoms with van der Waals surface area (Å²) in [7, 11) is -8.44. The Bertz CT molecular complexity index is 1650. The van der Waals surface area contributed by atoms with Crippen molar-refractivity contribution in [3.8, 4) is 5.75 Å². The molecule has 0 aliphatic rings. The second-order valence-corrected chi connectivity index (χ2v) is 12.3. The summed E-state index contributed by atoms with van der Waals surface area (Å²) in [6.07, 6.45) is 0. The summed E-state index contributed by atoms with van der Waals surface area (Å²) in [6, 6.07) is 11.0. The van der Waals surface area contributed by atoms with Crippen LogP contribution in [-0.2, 0) is 42.9 Å². The predicted molar refractivity (Wildman–Crippen MR) is 145 cm³/mol. The molecule has 0 bridgehead atoms. The highest BCUT2D eigenvalue weighted by Gasteiger charge is 2.18. The highest BCUT2D eigenvalue weighted by Crippen LogP contribution is 2.39. The average Bonchev–Trinajstić information content (AvgIpc) is 2.94. The largest absolute Gasteiger partial charge is 0.506 e. The Hall–Kier alpha value is -3.26. The molecule has 3 rings (SSSR count). The summed E-state index contributed by atoms with van der Waals surface area (Å²) in [4.78, 5) is -0.434. The fourth-order valence-corrected chi connectivity index (χ4v) is 5.32. The Morgan fingerprint density at radius 1 is 0.810 bits per heavy atom. The van der Waals surface area contributed by atoms with Crippen LogP contribution in [0.3, 0.4) is 0 Å². The molecule has 0 spiro atoms. The number of nitrogens with zero attached hydrogens (tertiary/aromatic N) is 4. The molecule has 0 heterocycles. The monoisotopic (exact) mass is 665 g/mol. The number of benzene rings is 3. The first-order valence-corrected chi connectivity index (χ1v) is 15.3. The number of anilines is 1. The number of hydrogen-bond acceptors (Lipinski definition) is 19. The third-order valence-corrected chi connectivity index (χ3v) is 8.32. The number of azo groups is 2. The molecule has 3 aromatic carbocycles. The maximum absolute atomic E-state index is 12.4. The third-order valence-electron chi connectivity index (χ3n) is 4.77. The molecule has 0 saturated carbocycles. The van der Waals surface area contributed by atoms with E-state index in [9.17, 15) is 26.5 Å². The van der Waals surface area contributed by atoms with Crippen LogP contribution >= 0.6 is 24.4 Å². The smallest absolute Gasteiger partial charge is 0.296 e. The van der Waals surface area contributed by atoms with E-state index in [1.807, 2.05) is 0 Å². The number of aromatic hydroxyl groups is 1. The third kappa shape index (κ3) is 9.65. The van der Waals surface area contributed by atoms with Crippen LogP contribution < -0.4 is 5.73 Å². The van der Waals surface area contributed by atoms with Crippen LogP contribution in [0.1, 0.15) is 0 Å². The number of hydrogen-bond donors (Lipinski definition) is 5. The van der Waals surface area contributed by atoms with Crippen LogP contribution in [0.25, 0.3) is 0 Å². The lowest BCUT2D eigenvalue weighted by atomic mass is 10.2. The molecule has 0 fully saturated rings. The lowest BCUT2D eigenvalue weighted by Crippen LogP contribution is -2.10. The first kappa shape index (κ1) is 33.2. The standard InChI is InChI=1S/C20H19N5O13S4/c21-15-10-19(26)17(24-25-18-9-13(39-37-35-27)3-6-20(18)42(31,32)33)11-16(15)23-22-12-1-4-14(5-2-12)41(29,30)8-7-34-40-38-36-28/h1-6,9-11,26-28H,7-8,21H2,(H,31,32,33)/b23-22+,25-24+. The van der Waals surface area contributed by atoms with Crippen molar-refractivity contribution in [2.24, 2.45) is 20.5 Å². The van der Waals surface area contributed by atoms with Gasteiger partial charge in [0.05, 0.1) is 40.7 Å². The van der Waals surface area contributed by atoms with Crippen LogP contribution in [0.4, 0.5) is 28.4 Å². The second-order valence-electron chi connectivity index (χ2n) is 7.48. The van der Waals surface area contributed by atoms with E-state index in [1.54, 1.807) is 0 Å². The molecule has 0 atom stereocenters. The molecular weight excluding hydrogens is 647 g/mol. The van der Waals surface area contributed by atoms with Crippen molar-refractivity contribution in [1.82, 2.24) is 0 Å². The lowest BCUT2D eigenvalue weighted by Gasteiger charge is -2.06. The highest BCUT2D eigenvalue weighted by molar-refractivity contribution is 7.94. The molecule has 0 aromatic heterocycles. The number of nitrogens with two attached hydrogens (primary N) is 1. The van der Waals surface area contributed by atoms with E-state index < -0.39 is 36.4 Å². The van der Waals surface area contributed by atoms with Crippen molar-refractivity contribution >= 4 is 72.8 Å². The van der Waals surface area contributed by atoms with Gasteiger partial charge in [-0.2, -0.15) is 13.5 Å². The molecule has 42 heavy (non-hydrogen) atoms. The molecule has 0 unspecified atom stereocenters. The summed E-state index contributed by atoms with van der Waals surface area (Å²) >= 11 is 0.747. The van der Waals surface area contributed by atoms with Crippen molar-refractivity contribution in [2.45, 2.75) is 14.7 Å². The van der Waals surface area contributed by atoms with Gasteiger partial charge in [-0.05, 0) is 48.5 Å². The van der Waals surface area contributed by atoms with Crippen LogP contribution in [0.5, 0.6) is 5.75 Å². The van der Waals surface area contributed by atoms with Gasteiger partial charge in [-0.15, -0.1) is 24.0 Å². The van der Waals surface area contributed by atoms with E-state index in [2.05, 4.69) is 39.2 Å². The van der Waals surface area contributed by atoms with Gasteiger partial charge in [0, 0.05) is 11.0 Å². The summed E-state index contributed by atoms with van der Waals surface area (Å²) in [5.74, 6) is -0.838. The normalized spacial score (nSPS) is 12.5. The molecule has 0 amide bonds. The minimum Gasteiger partial charge on any atom is -0.506 e. The van der Waals surface area contributed by atoms with Gasteiger partial charge in [0.25, 0.3) is 10.1 Å². The number of rotatable bonds is 15. The van der Waals surface area contributed by atoms with Crippen LogP contribution in [0.15, 0.2) is 89.7 Å². The molecule has 0 saturated heterocycles. The Morgan fingerprint density at radius 3 is 2.14 bits per heavy atom. The van der Waals surface area contributed by atoms with E-state index in [0.717, 1.165) is 18.2 Å². The first-order valence-electron chi connectivity index (χ1n) is 10.8. The van der Waals surface area contributed by atoms with Gasteiger partial charge in [0.2, 0.25) is 0 Å². The zero-order valence-electron chi connectivity index (χ0n) is 20.6. The van der Waals surface area contributed by atoms with Gasteiger partial charge in [-0.3, -0.25) is 8.74 Å². The second kappa shape index (κ2) is 15.3. The number of phenolic OH excluding ortho intramolecular Hbond substituents is 1. The van der Waals surface area contributed by atoms with Gasteiger partial charge in [-0.25, -0.2) is 18.9 Å². The van der Waals surface area contributed by atoms with E-state index in [4.69, 9.17) is 20.4 Å². The SMILES string of the molecule is Nc1cc(O)c(/N=N/c2cc(SOOO)ccc2S(=O)(=O)O)cc1/N=N/c1ccc(S(=O)(=O)CCOSOOO)cc1. The molecule has 18 nitrogen and oxygen atoms in total. The number of nitrogen functional groups attached to an aromatic ring is 1. The molecule has 22 heteroatoms. The number of phenols is 1. The van der Waals surface area contributed by atoms with Gasteiger partial charge in [0.1, 0.15) is 27.7 Å². The highest BCUT2D eigenvalue weighted by atomic mass is 32.2.